The van der Waals surface area contributed by atoms with Gasteiger partial charge in [-0.25, -0.2) is 4.79 Å². The summed E-state index contributed by atoms with van der Waals surface area (Å²) in [5.41, 5.74) is 5.26. The quantitative estimate of drug-likeness (QED) is 0.681. The molecule has 2 N–H and O–H groups in total. The van der Waals surface area contributed by atoms with Crippen LogP contribution in [0.2, 0.25) is 0 Å². The Hall–Kier alpha value is -0.810. The van der Waals surface area contributed by atoms with Crippen LogP contribution in [0.15, 0.2) is 0 Å². The van der Waals surface area contributed by atoms with Crippen molar-refractivity contribution in [2.75, 3.05) is 20.2 Å². The van der Waals surface area contributed by atoms with Crippen molar-refractivity contribution in [2.24, 2.45) is 5.73 Å². The van der Waals surface area contributed by atoms with Crippen molar-refractivity contribution in [1.29, 1.82) is 0 Å². The van der Waals surface area contributed by atoms with E-state index in [1.165, 1.54) is 12.0 Å². The lowest BCUT2D eigenvalue weighted by Crippen LogP contribution is -2.50. The van der Waals surface area contributed by atoms with Crippen LogP contribution >= 0.6 is 12.4 Å². The Morgan fingerprint density at radius 1 is 1.47 bits per heavy atom. The predicted octanol–water partition coefficient (Wildman–Crippen LogP) is -0.0790. The molecule has 1 heterocycles. The fourth-order valence-corrected chi connectivity index (χ4v) is 1.73. The Bertz CT molecular complexity index is 211. The van der Waals surface area contributed by atoms with Crippen molar-refractivity contribution in [1.82, 2.24) is 4.90 Å². The molecule has 0 spiro atoms. The summed E-state index contributed by atoms with van der Waals surface area (Å²) in [5, 5.41) is 0. The summed E-state index contributed by atoms with van der Waals surface area (Å²) in [6.45, 7) is 0.559. The standard InChI is InChI=1S/C9H16N2O3.ClH/c1-14-9(13)7-4-2-3-5-11(7)8(12)6-10;/h7H,2-6,10H2,1H3;1H/t7-;/m0./s1. The molecule has 0 unspecified atom stereocenters. The second-order valence-corrected chi connectivity index (χ2v) is 3.33. The largest absolute Gasteiger partial charge is 0.467 e. The molecular weight excluding hydrogens is 220 g/mol. The first-order valence-corrected chi connectivity index (χ1v) is 4.78. The van der Waals surface area contributed by atoms with E-state index in [1.54, 1.807) is 0 Å². The molecule has 1 amide bonds. The average Bonchev–Trinajstić information content (AvgIpc) is 2.27. The minimum Gasteiger partial charge on any atom is -0.467 e. The van der Waals surface area contributed by atoms with Crippen LogP contribution in [0.1, 0.15) is 19.3 Å². The first-order chi connectivity index (χ1) is 6.70. The van der Waals surface area contributed by atoms with Gasteiger partial charge < -0.3 is 15.4 Å². The highest BCUT2D eigenvalue weighted by molar-refractivity contribution is 5.86. The summed E-state index contributed by atoms with van der Waals surface area (Å²) in [6.07, 6.45) is 2.56. The predicted molar refractivity (Wildman–Crippen MR) is 57.7 cm³/mol. The van der Waals surface area contributed by atoms with Gasteiger partial charge in [-0.3, -0.25) is 4.79 Å². The Kier molecular flexibility index (Phi) is 6.27. The molecule has 1 fully saturated rings. The second kappa shape index (κ2) is 6.63. The van der Waals surface area contributed by atoms with E-state index in [1.807, 2.05) is 0 Å². The Morgan fingerprint density at radius 3 is 2.67 bits per heavy atom. The normalized spacial score (nSPS) is 20.4. The molecule has 0 bridgehead atoms. The van der Waals surface area contributed by atoms with Crippen LogP contribution < -0.4 is 5.73 Å². The van der Waals surface area contributed by atoms with E-state index in [9.17, 15) is 9.59 Å². The third kappa shape index (κ3) is 3.35. The Balaban J connectivity index is 0.00000196. The van der Waals surface area contributed by atoms with Gasteiger partial charge in [-0.15, -0.1) is 12.4 Å². The molecule has 1 rings (SSSR count). The number of likely N-dealkylation sites (tertiary alicyclic amines) is 1. The van der Waals surface area contributed by atoms with Crippen LogP contribution in [0.25, 0.3) is 0 Å². The number of nitrogens with zero attached hydrogens (tertiary/aromatic N) is 1. The van der Waals surface area contributed by atoms with E-state index in [0.29, 0.717) is 13.0 Å². The number of methoxy groups -OCH3 is 1. The van der Waals surface area contributed by atoms with Gasteiger partial charge in [0.1, 0.15) is 6.04 Å². The van der Waals surface area contributed by atoms with Gasteiger partial charge in [-0.2, -0.15) is 0 Å². The van der Waals surface area contributed by atoms with Gasteiger partial charge in [-0.1, -0.05) is 0 Å². The molecule has 1 atom stereocenters. The zero-order valence-corrected chi connectivity index (χ0v) is 9.59. The number of hydrogen-bond acceptors (Lipinski definition) is 4. The minimum absolute atomic E-state index is 0. The number of esters is 1. The van der Waals surface area contributed by atoms with E-state index in [2.05, 4.69) is 4.74 Å². The average molecular weight is 237 g/mol. The number of amides is 1. The molecule has 1 saturated heterocycles. The molecule has 0 aromatic carbocycles. The lowest BCUT2D eigenvalue weighted by Gasteiger charge is -2.33. The molecule has 6 heteroatoms. The zero-order chi connectivity index (χ0) is 10.6. The summed E-state index contributed by atoms with van der Waals surface area (Å²) in [6, 6.07) is -0.426. The van der Waals surface area contributed by atoms with Gasteiger partial charge in [0, 0.05) is 6.54 Å². The molecule has 1 aliphatic rings. The molecule has 0 aromatic heterocycles. The van der Waals surface area contributed by atoms with Crippen molar-refractivity contribution in [3.8, 4) is 0 Å². The Morgan fingerprint density at radius 2 is 2.13 bits per heavy atom. The van der Waals surface area contributed by atoms with Gasteiger partial charge in [-0.05, 0) is 19.3 Å². The molecule has 0 radical (unpaired) electrons. The summed E-state index contributed by atoms with van der Waals surface area (Å²) >= 11 is 0. The van der Waals surface area contributed by atoms with Crippen LogP contribution in [0, 0.1) is 0 Å². The van der Waals surface area contributed by atoms with E-state index >= 15 is 0 Å². The van der Waals surface area contributed by atoms with E-state index in [-0.39, 0.29) is 30.8 Å². The van der Waals surface area contributed by atoms with Crippen molar-refractivity contribution in [3.63, 3.8) is 0 Å². The van der Waals surface area contributed by atoms with Crippen molar-refractivity contribution in [3.05, 3.63) is 0 Å². The summed E-state index contributed by atoms with van der Waals surface area (Å²) in [7, 11) is 1.34. The molecule has 88 valence electrons. The van der Waals surface area contributed by atoms with Gasteiger partial charge in [0.2, 0.25) is 5.91 Å². The molecular formula is C9H17ClN2O3. The first-order valence-electron chi connectivity index (χ1n) is 4.78. The Labute approximate surface area is 95.3 Å². The number of halogens is 1. The highest BCUT2D eigenvalue weighted by Crippen LogP contribution is 2.17. The van der Waals surface area contributed by atoms with Gasteiger partial charge in [0.25, 0.3) is 0 Å². The van der Waals surface area contributed by atoms with Crippen LogP contribution in [-0.4, -0.2) is 43.0 Å². The van der Waals surface area contributed by atoms with E-state index in [0.717, 1.165) is 12.8 Å². The number of ether oxygens (including phenoxy) is 1. The fourth-order valence-electron chi connectivity index (χ4n) is 1.73. The van der Waals surface area contributed by atoms with E-state index in [4.69, 9.17) is 5.73 Å². The third-order valence-corrected chi connectivity index (χ3v) is 2.47. The van der Waals surface area contributed by atoms with Crippen molar-refractivity contribution >= 4 is 24.3 Å². The highest BCUT2D eigenvalue weighted by Gasteiger charge is 2.31. The molecule has 0 aliphatic carbocycles. The van der Waals surface area contributed by atoms with Crippen molar-refractivity contribution in [2.45, 2.75) is 25.3 Å². The summed E-state index contributed by atoms with van der Waals surface area (Å²) in [5.74, 6) is -0.522. The van der Waals surface area contributed by atoms with Crippen LogP contribution in [-0.2, 0) is 14.3 Å². The van der Waals surface area contributed by atoms with Gasteiger partial charge in [0.05, 0.1) is 13.7 Å². The second-order valence-electron chi connectivity index (χ2n) is 3.33. The number of piperidine rings is 1. The summed E-state index contributed by atoms with van der Waals surface area (Å²) < 4.78 is 4.64. The highest BCUT2D eigenvalue weighted by atomic mass is 35.5. The molecule has 1 aliphatic heterocycles. The number of hydrogen-bond donors (Lipinski definition) is 1. The van der Waals surface area contributed by atoms with E-state index < -0.39 is 6.04 Å². The van der Waals surface area contributed by atoms with Gasteiger partial charge in [0.15, 0.2) is 0 Å². The summed E-state index contributed by atoms with van der Waals surface area (Å²) in [4.78, 5) is 24.3. The lowest BCUT2D eigenvalue weighted by molar-refractivity contribution is -0.154. The van der Waals surface area contributed by atoms with Crippen LogP contribution in [0.4, 0.5) is 0 Å². The maximum absolute atomic E-state index is 11.4. The molecule has 5 nitrogen and oxygen atoms in total. The van der Waals surface area contributed by atoms with Crippen molar-refractivity contribution < 1.29 is 14.3 Å². The monoisotopic (exact) mass is 236 g/mol. The zero-order valence-electron chi connectivity index (χ0n) is 8.77. The molecule has 15 heavy (non-hydrogen) atoms. The molecule has 0 saturated carbocycles. The number of rotatable bonds is 2. The maximum atomic E-state index is 11.4. The van der Waals surface area contributed by atoms with Gasteiger partial charge >= 0.3 is 5.97 Å². The maximum Gasteiger partial charge on any atom is 0.328 e. The number of carbonyl (C=O) groups excluding carboxylic acids is 2. The SMILES string of the molecule is COC(=O)[C@@H]1CCCCN1C(=O)CN.Cl. The minimum atomic E-state index is -0.426. The fraction of sp³-hybridized carbons (Fsp3) is 0.778. The number of carbonyl (C=O) groups is 2. The lowest BCUT2D eigenvalue weighted by atomic mass is 10.0. The first kappa shape index (κ1) is 14.2. The topological polar surface area (TPSA) is 72.6 Å². The third-order valence-electron chi connectivity index (χ3n) is 2.47. The molecule has 0 aromatic rings. The number of nitrogens with two attached hydrogens (primary N) is 1. The van der Waals surface area contributed by atoms with Crippen LogP contribution in [0.5, 0.6) is 0 Å². The smallest absolute Gasteiger partial charge is 0.328 e. The van der Waals surface area contributed by atoms with Crippen LogP contribution in [0.3, 0.4) is 0 Å².